The lowest BCUT2D eigenvalue weighted by atomic mass is 9.50. The minimum absolute atomic E-state index is 0.0426. The molecule has 0 bridgehead atoms. The summed E-state index contributed by atoms with van der Waals surface area (Å²) in [5.41, 5.74) is -0.298. The average molecular weight is 252 g/mol. The number of rotatable bonds is 1. The molecule has 3 atom stereocenters. The standard InChI is InChI=1S/C15H24O3/c1-10(16)18-13-8-9-15(4)11(14(13,2)3)6-5-7-12(15)17/h11,13H,5-9H2,1-4H3/t11-,13+,15-/m1/s1. The van der Waals surface area contributed by atoms with Crippen LogP contribution in [0.3, 0.4) is 0 Å². The molecule has 0 saturated heterocycles. The van der Waals surface area contributed by atoms with Gasteiger partial charge >= 0.3 is 5.97 Å². The summed E-state index contributed by atoms with van der Waals surface area (Å²) in [7, 11) is 0. The summed E-state index contributed by atoms with van der Waals surface area (Å²) in [5, 5.41) is 0. The number of esters is 1. The predicted octanol–water partition coefficient (Wildman–Crippen LogP) is 3.11. The monoisotopic (exact) mass is 252 g/mol. The van der Waals surface area contributed by atoms with E-state index in [1.807, 2.05) is 0 Å². The zero-order valence-corrected chi connectivity index (χ0v) is 11.9. The van der Waals surface area contributed by atoms with Crippen LogP contribution in [0.15, 0.2) is 0 Å². The fourth-order valence-electron chi connectivity index (χ4n) is 4.21. The van der Waals surface area contributed by atoms with Gasteiger partial charge in [-0.15, -0.1) is 0 Å². The maximum atomic E-state index is 12.3. The number of ketones is 1. The molecule has 2 rings (SSSR count). The second kappa shape index (κ2) is 4.36. The number of fused-ring (bicyclic) bond motifs is 1. The second-order valence-corrected chi connectivity index (χ2v) is 6.74. The van der Waals surface area contributed by atoms with Gasteiger partial charge in [-0.1, -0.05) is 20.8 Å². The third-order valence-electron chi connectivity index (χ3n) is 5.26. The molecular formula is C15H24O3. The van der Waals surface area contributed by atoms with Crippen LogP contribution in [-0.4, -0.2) is 17.9 Å². The molecule has 2 fully saturated rings. The highest BCUT2D eigenvalue weighted by Crippen LogP contribution is 2.56. The van der Waals surface area contributed by atoms with Gasteiger partial charge in [-0.05, 0) is 31.6 Å². The molecule has 0 aromatic carbocycles. The quantitative estimate of drug-likeness (QED) is 0.673. The van der Waals surface area contributed by atoms with Gasteiger partial charge in [-0.25, -0.2) is 0 Å². The van der Waals surface area contributed by atoms with Gasteiger partial charge in [-0.2, -0.15) is 0 Å². The Labute approximate surface area is 109 Å². The summed E-state index contributed by atoms with van der Waals surface area (Å²) in [6.07, 6.45) is 4.41. The number of carbonyl (C=O) groups excluding carboxylic acids is 2. The zero-order chi connectivity index (χ0) is 13.6. The summed E-state index contributed by atoms with van der Waals surface area (Å²) in [6.45, 7) is 7.89. The summed E-state index contributed by atoms with van der Waals surface area (Å²) >= 11 is 0. The van der Waals surface area contributed by atoms with Crippen molar-refractivity contribution in [3.63, 3.8) is 0 Å². The topological polar surface area (TPSA) is 43.4 Å². The first-order chi connectivity index (χ1) is 8.28. The van der Waals surface area contributed by atoms with Crippen LogP contribution < -0.4 is 0 Å². The Morgan fingerprint density at radius 2 is 1.94 bits per heavy atom. The first-order valence-corrected chi connectivity index (χ1v) is 6.99. The maximum Gasteiger partial charge on any atom is 0.302 e. The molecule has 2 saturated carbocycles. The third-order valence-corrected chi connectivity index (χ3v) is 5.26. The molecule has 0 aliphatic heterocycles. The van der Waals surface area contributed by atoms with Gasteiger partial charge in [0.25, 0.3) is 0 Å². The van der Waals surface area contributed by atoms with Crippen molar-refractivity contribution in [2.45, 2.75) is 65.9 Å². The fraction of sp³-hybridized carbons (Fsp3) is 0.867. The van der Waals surface area contributed by atoms with Crippen molar-refractivity contribution in [3.8, 4) is 0 Å². The smallest absolute Gasteiger partial charge is 0.302 e. The van der Waals surface area contributed by atoms with E-state index >= 15 is 0 Å². The highest BCUT2D eigenvalue weighted by Gasteiger charge is 2.56. The molecule has 3 nitrogen and oxygen atoms in total. The average Bonchev–Trinajstić information content (AvgIpc) is 2.25. The van der Waals surface area contributed by atoms with Gasteiger partial charge in [0.2, 0.25) is 0 Å². The van der Waals surface area contributed by atoms with Crippen molar-refractivity contribution in [2.75, 3.05) is 0 Å². The van der Waals surface area contributed by atoms with E-state index in [9.17, 15) is 9.59 Å². The second-order valence-electron chi connectivity index (χ2n) is 6.74. The lowest BCUT2D eigenvalue weighted by Gasteiger charge is -2.55. The fourth-order valence-corrected chi connectivity index (χ4v) is 4.21. The van der Waals surface area contributed by atoms with Gasteiger partial charge in [0.15, 0.2) is 0 Å². The molecule has 18 heavy (non-hydrogen) atoms. The van der Waals surface area contributed by atoms with Crippen molar-refractivity contribution >= 4 is 11.8 Å². The third kappa shape index (κ3) is 1.98. The molecule has 0 unspecified atom stereocenters. The summed E-state index contributed by atoms with van der Waals surface area (Å²) in [5.74, 6) is 0.538. The van der Waals surface area contributed by atoms with Crippen molar-refractivity contribution in [3.05, 3.63) is 0 Å². The lowest BCUT2D eigenvalue weighted by Crippen LogP contribution is -2.55. The van der Waals surface area contributed by atoms with E-state index in [1.165, 1.54) is 6.92 Å². The van der Waals surface area contributed by atoms with E-state index in [4.69, 9.17) is 4.74 Å². The minimum Gasteiger partial charge on any atom is -0.462 e. The SMILES string of the molecule is CC(=O)O[C@H]1CC[C@@]2(C)C(=O)CCC[C@@H]2C1(C)C. The van der Waals surface area contributed by atoms with Crippen LogP contribution in [-0.2, 0) is 14.3 Å². The van der Waals surface area contributed by atoms with Gasteiger partial charge in [-0.3, -0.25) is 9.59 Å². The van der Waals surface area contributed by atoms with Gasteiger partial charge in [0, 0.05) is 24.2 Å². The van der Waals surface area contributed by atoms with Crippen LogP contribution >= 0.6 is 0 Å². The molecule has 0 spiro atoms. The Morgan fingerprint density at radius 1 is 1.28 bits per heavy atom. The van der Waals surface area contributed by atoms with Crippen molar-refractivity contribution < 1.29 is 14.3 Å². The molecule has 2 aliphatic carbocycles. The molecule has 0 aromatic rings. The Morgan fingerprint density at radius 3 is 2.56 bits per heavy atom. The van der Waals surface area contributed by atoms with Crippen LogP contribution in [0.5, 0.6) is 0 Å². The predicted molar refractivity (Wildman–Crippen MR) is 69.0 cm³/mol. The van der Waals surface area contributed by atoms with Gasteiger partial charge < -0.3 is 4.74 Å². The molecule has 0 N–H and O–H groups in total. The summed E-state index contributed by atoms with van der Waals surface area (Å²) < 4.78 is 5.49. The number of hydrogen-bond donors (Lipinski definition) is 0. The molecule has 2 aliphatic rings. The molecular weight excluding hydrogens is 228 g/mol. The van der Waals surface area contributed by atoms with E-state index < -0.39 is 0 Å². The lowest BCUT2D eigenvalue weighted by molar-refractivity contribution is -0.174. The van der Waals surface area contributed by atoms with E-state index in [2.05, 4.69) is 20.8 Å². The Kier molecular flexibility index (Phi) is 3.28. The normalized spacial score (nSPS) is 39.0. The molecule has 0 amide bonds. The molecule has 102 valence electrons. The largest absolute Gasteiger partial charge is 0.462 e. The van der Waals surface area contributed by atoms with Crippen molar-refractivity contribution in [1.29, 1.82) is 0 Å². The zero-order valence-electron chi connectivity index (χ0n) is 11.9. The van der Waals surface area contributed by atoms with E-state index in [1.54, 1.807) is 0 Å². The Hall–Kier alpha value is -0.860. The highest BCUT2D eigenvalue weighted by molar-refractivity contribution is 5.85. The molecule has 0 radical (unpaired) electrons. The number of Topliss-reactive ketones (excluding diaryl/α,β-unsaturated/α-hetero) is 1. The van der Waals surface area contributed by atoms with Gasteiger partial charge in [0.1, 0.15) is 11.9 Å². The van der Waals surface area contributed by atoms with E-state index in [0.29, 0.717) is 11.7 Å². The summed E-state index contributed by atoms with van der Waals surface area (Å²) in [4.78, 5) is 23.5. The molecule has 3 heteroatoms. The van der Waals surface area contributed by atoms with Gasteiger partial charge in [0.05, 0.1) is 0 Å². The first-order valence-electron chi connectivity index (χ1n) is 6.99. The first kappa shape index (κ1) is 13.6. The van der Waals surface area contributed by atoms with E-state index in [0.717, 1.165) is 32.1 Å². The van der Waals surface area contributed by atoms with Crippen LogP contribution in [0.4, 0.5) is 0 Å². The Bertz CT molecular complexity index is 372. The number of carbonyl (C=O) groups is 2. The number of hydrogen-bond acceptors (Lipinski definition) is 3. The summed E-state index contributed by atoms with van der Waals surface area (Å²) in [6, 6.07) is 0. The van der Waals surface area contributed by atoms with Crippen LogP contribution in [0.25, 0.3) is 0 Å². The number of ether oxygens (including phenoxy) is 1. The molecule has 0 heterocycles. The van der Waals surface area contributed by atoms with Crippen LogP contribution in [0.1, 0.15) is 59.8 Å². The minimum atomic E-state index is -0.209. The van der Waals surface area contributed by atoms with Crippen LogP contribution in [0.2, 0.25) is 0 Å². The highest BCUT2D eigenvalue weighted by atomic mass is 16.5. The van der Waals surface area contributed by atoms with E-state index in [-0.39, 0.29) is 22.9 Å². The molecule has 0 aromatic heterocycles. The Balaban J connectivity index is 2.27. The van der Waals surface area contributed by atoms with Crippen molar-refractivity contribution in [1.82, 2.24) is 0 Å². The maximum absolute atomic E-state index is 12.3. The van der Waals surface area contributed by atoms with Crippen LogP contribution in [0, 0.1) is 16.7 Å². The van der Waals surface area contributed by atoms with Crippen molar-refractivity contribution in [2.24, 2.45) is 16.7 Å².